The van der Waals surface area contributed by atoms with Crippen molar-refractivity contribution in [2.24, 2.45) is 0 Å². The lowest BCUT2D eigenvalue weighted by Gasteiger charge is -2.33. The minimum Gasteiger partial charge on any atom is -0.480 e. The van der Waals surface area contributed by atoms with Crippen LogP contribution >= 0.6 is 0 Å². The average Bonchev–Trinajstić information content (AvgIpc) is 3.55. The molecule has 1 atom stereocenters. The van der Waals surface area contributed by atoms with E-state index in [2.05, 4.69) is 20.2 Å². The van der Waals surface area contributed by atoms with Gasteiger partial charge >= 0.3 is 5.97 Å². The third kappa shape index (κ3) is 4.52. The number of rotatable bonds is 7. The normalized spacial score (nSPS) is 17.9. The number of hydrogen-bond donors (Lipinski definition) is 1. The molecule has 2 fully saturated rings. The van der Waals surface area contributed by atoms with Gasteiger partial charge in [-0.25, -0.2) is 23.5 Å². The number of anilines is 1. The molecular weight excluding hydrogens is 494 g/mol. The Balaban J connectivity index is 1.36. The maximum atomic E-state index is 15.1. The zero-order valence-electron chi connectivity index (χ0n) is 20.6. The highest BCUT2D eigenvalue weighted by molar-refractivity contribution is 5.78. The van der Waals surface area contributed by atoms with Gasteiger partial charge in [-0.15, -0.1) is 0 Å². The molecule has 1 saturated heterocycles. The monoisotopic (exact) mass is 520 g/mol. The van der Waals surface area contributed by atoms with Crippen LogP contribution in [0.25, 0.3) is 22.9 Å². The summed E-state index contributed by atoms with van der Waals surface area (Å²) in [5, 5.41) is 18.3. The van der Waals surface area contributed by atoms with Gasteiger partial charge in [-0.05, 0) is 55.7 Å². The predicted molar refractivity (Wildman–Crippen MR) is 133 cm³/mol. The summed E-state index contributed by atoms with van der Waals surface area (Å²) in [6.45, 7) is 0.499. The summed E-state index contributed by atoms with van der Waals surface area (Å²) in [5.41, 5.74) is 2.83. The maximum absolute atomic E-state index is 15.1. The number of benzene rings is 1. The molecule has 0 amide bonds. The number of carboxylic acid groups (broad SMARTS) is 1. The van der Waals surface area contributed by atoms with Crippen LogP contribution < -0.4 is 4.90 Å². The highest BCUT2D eigenvalue weighted by Crippen LogP contribution is 2.37. The van der Waals surface area contributed by atoms with Gasteiger partial charge in [0.15, 0.2) is 17.5 Å². The first-order valence-corrected chi connectivity index (χ1v) is 12.8. The second-order valence-electron chi connectivity index (χ2n) is 9.84. The van der Waals surface area contributed by atoms with Gasteiger partial charge in [-0.1, -0.05) is 23.7 Å². The third-order valence-electron chi connectivity index (χ3n) is 7.47. The number of hydrogen-bond acceptors (Lipinski definition) is 7. The van der Waals surface area contributed by atoms with Crippen LogP contribution in [0.1, 0.15) is 55.6 Å². The van der Waals surface area contributed by atoms with E-state index >= 15 is 4.39 Å². The predicted octanol–water partition coefficient (Wildman–Crippen LogP) is 5.03. The lowest BCUT2D eigenvalue weighted by molar-refractivity contribution is -0.139. The quantitative estimate of drug-likeness (QED) is 0.361. The summed E-state index contributed by atoms with van der Waals surface area (Å²) in [7, 11) is 0. The van der Waals surface area contributed by atoms with E-state index < -0.39 is 17.8 Å². The largest absolute Gasteiger partial charge is 0.480 e. The molecule has 9 nitrogen and oxygen atoms in total. The molecule has 4 aromatic rings. The second kappa shape index (κ2) is 9.96. The summed E-state index contributed by atoms with van der Waals surface area (Å²) in [4.78, 5) is 21.8. The van der Waals surface area contributed by atoms with Crippen molar-refractivity contribution in [1.82, 2.24) is 24.9 Å². The Bertz CT molecular complexity index is 1470. The van der Waals surface area contributed by atoms with E-state index in [1.807, 2.05) is 6.07 Å². The number of nitrogens with zero attached hydrogens (tertiary/aromatic N) is 6. The standard InChI is InChI=1S/C27H26F2N6O3/c28-19-12-17(16-4-3-5-16)7-8-18(19)15-35-24(21-9-11-38-33-21)13-22(32-35)25-30-14-20(29)26(31-25)34-10-2-1-6-23(34)27(36)37/h7-9,11-14,16,23H,1-6,10,15H2,(H,36,37)/t23-/m1/s1. The summed E-state index contributed by atoms with van der Waals surface area (Å²) in [6, 6.07) is 7.83. The highest BCUT2D eigenvalue weighted by Gasteiger charge is 2.32. The molecule has 38 heavy (non-hydrogen) atoms. The molecule has 1 aliphatic heterocycles. The van der Waals surface area contributed by atoms with Gasteiger partial charge in [0.2, 0.25) is 0 Å². The van der Waals surface area contributed by atoms with E-state index in [1.165, 1.54) is 17.6 Å². The molecule has 6 rings (SSSR count). The SMILES string of the molecule is O=C(O)[C@H]1CCCCN1c1nc(-c2cc(-c3ccon3)n(Cc3ccc(C4CCC4)cc3F)n2)ncc1F. The summed E-state index contributed by atoms with van der Waals surface area (Å²) in [6.07, 6.45) is 7.68. The van der Waals surface area contributed by atoms with Crippen LogP contribution in [-0.2, 0) is 11.3 Å². The van der Waals surface area contributed by atoms with Crippen molar-refractivity contribution in [3.63, 3.8) is 0 Å². The molecule has 3 aromatic heterocycles. The minimum atomic E-state index is -1.02. The van der Waals surface area contributed by atoms with Gasteiger partial charge < -0.3 is 14.5 Å². The van der Waals surface area contributed by atoms with Gasteiger partial charge in [0.25, 0.3) is 0 Å². The second-order valence-corrected chi connectivity index (χ2v) is 9.84. The first kappa shape index (κ1) is 24.2. The first-order chi connectivity index (χ1) is 18.5. The number of carboxylic acids is 1. The van der Waals surface area contributed by atoms with Gasteiger partial charge in [0.05, 0.1) is 18.4 Å². The zero-order valence-corrected chi connectivity index (χ0v) is 20.6. The fourth-order valence-electron chi connectivity index (χ4n) is 5.17. The Hall–Kier alpha value is -4.15. The van der Waals surface area contributed by atoms with Crippen LogP contribution in [0.5, 0.6) is 0 Å². The lowest BCUT2D eigenvalue weighted by Crippen LogP contribution is -2.45. The van der Waals surface area contributed by atoms with Crippen molar-refractivity contribution in [3.05, 3.63) is 65.6 Å². The van der Waals surface area contributed by atoms with Crippen LogP contribution in [-0.4, -0.2) is 48.6 Å². The molecule has 0 bridgehead atoms. The number of halogens is 2. The molecule has 4 heterocycles. The van der Waals surface area contributed by atoms with Gasteiger partial charge in [-0.2, -0.15) is 5.10 Å². The number of carbonyl (C=O) groups is 1. The highest BCUT2D eigenvalue weighted by atomic mass is 19.1. The molecule has 1 aromatic carbocycles. The maximum Gasteiger partial charge on any atom is 0.326 e. The van der Waals surface area contributed by atoms with E-state index in [9.17, 15) is 14.3 Å². The summed E-state index contributed by atoms with van der Waals surface area (Å²) >= 11 is 0. The van der Waals surface area contributed by atoms with Crippen molar-refractivity contribution < 1.29 is 23.2 Å². The van der Waals surface area contributed by atoms with Crippen molar-refractivity contribution in [1.29, 1.82) is 0 Å². The Morgan fingerprint density at radius 3 is 2.63 bits per heavy atom. The molecule has 2 aliphatic rings. The molecule has 0 radical (unpaired) electrons. The lowest BCUT2D eigenvalue weighted by atomic mass is 9.80. The first-order valence-electron chi connectivity index (χ1n) is 12.8. The molecule has 0 spiro atoms. The van der Waals surface area contributed by atoms with E-state index in [0.717, 1.165) is 37.4 Å². The smallest absolute Gasteiger partial charge is 0.326 e. The van der Waals surface area contributed by atoms with E-state index in [4.69, 9.17) is 4.52 Å². The Kier molecular flexibility index (Phi) is 6.34. The van der Waals surface area contributed by atoms with Gasteiger partial charge in [0.1, 0.15) is 29.5 Å². The number of piperidine rings is 1. The average molecular weight is 521 g/mol. The van der Waals surface area contributed by atoms with Crippen molar-refractivity contribution >= 4 is 11.8 Å². The molecular formula is C27H26F2N6O3. The van der Waals surface area contributed by atoms with Crippen LogP contribution in [0.2, 0.25) is 0 Å². The Morgan fingerprint density at radius 1 is 1.05 bits per heavy atom. The molecule has 0 unspecified atom stereocenters. The topological polar surface area (TPSA) is 110 Å². The van der Waals surface area contributed by atoms with E-state index in [0.29, 0.717) is 41.5 Å². The minimum absolute atomic E-state index is 0.0720. The number of aliphatic carboxylic acids is 1. The third-order valence-corrected chi connectivity index (χ3v) is 7.47. The zero-order chi connectivity index (χ0) is 26.2. The van der Waals surface area contributed by atoms with Crippen LogP contribution in [0.4, 0.5) is 14.6 Å². The van der Waals surface area contributed by atoms with Crippen LogP contribution in [0, 0.1) is 11.6 Å². The van der Waals surface area contributed by atoms with Crippen LogP contribution in [0.3, 0.4) is 0 Å². The Morgan fingerprint density at radius 2 is 1.92 bits per heavy atom. The van der Waals surface area contributed by atoms with Crippen molar-refractivity contribution in [2.75, 3.05) is 11.4 Å². The Labute approximate surface area is 217 Å². The van der Waals surface area contributed by atoms with Crippen LogP contribution in [0.15, 0.2) is 47.3 Å². The van der Waals surface area contributed by atoms with Crippen molar-refractivity contribution in [2.45, 2.75) is 57.0 Å². The molecule has 1 saturated carbocycles. The fraction of sp³-hybridized carbons (Fsp3) is 0.370. The molecule has 1 aliphatic carbocycles. The summed E-state index contributed by atoms with van der Waals surface area (Å²) < 4.78 is 36.5. The summed E-state index contributed by atoms with van der Waals surface area (Å²) in [5.74, 6) is -1.55. The van der Waals surface area contributed by atoms with E-state index in [-0.39, 0.29) is 24.0 Å². The molecule has 1 N–H and O–H groups in total. The van der Waals surface area contributed by atoms with E-state index in [1.54, 1.807) is 28.9 Å². The van der Waals surface area contributed by atoms with Crippen molar-refractivity contribution in [3.8, 4) is 22.9 Å². The molecule has 11 heteroatoms. The molecule has 196 valence electrons. The number of aromatic nitrogens is 5. The van der Waals surface area contributed by atoms with Gasteiger partial charge in [-0.3, -0.25) is 4.68 Å². The van der Waals surface area contributed by atoms with Gasteiger partial charge in [0, 0.05) is 18.2 Å². The fourth-order valence-corrected chi connectivity index (χ4v) is 5.17.